The summed E-state index contributed by atoms with van der Waals surface area (Å²) >= 11 is 1.36. The van der Waals surface area contributed by atoms with Gasteiger partial charge in [0.2, 0.25) is 5.91 Å². The van der Waals surface area contributed by atoms with E-state index in [1.165, 1.54) is 17.8 Å². The van der Waals surface area contributed by atoms with Gasteiger partial charge in [0.15, 0.2) is 0 Å². The molecule has 3 rings (SSSR count). The monoisotopic (exact) mass is 459 g/mol. The van der Waals surface area contributed by atoms with Gasteiger partial charge in [-0.3, -0.25) is 14.5 Å². The van der Waals surface area contributed by atoms with Crippen molar-refractivity contribution in [3.63, 3.8) is 0 Å². The molecule has 0 spiro atoms. The Morgan fingerprint density at radius 2 is 1.90 bits per heavy atom. The zero-order valence-corrected chi connectivity index (χ0v) is 18.7. The van der Waals surface area contributed by atoms with E-state index in [0.29, 0.717) is 30.2 Å². The van der Waals surface area contributed by atoms with E-state index in [1.807, 2.05) is 19.1 Å². The Balaban J connectivity index is 0.00000210. The van der Waals surface area contributed by atoms with E-state index in [4.69, 9.17) is 5.73 Å². The van der Waals surface area contributed by atoms with Gasteiger partial charge in [-0.15, -0.1) is 36.2 Å². The van der Waals surface area contributed by atoms with Crippen molar-refractivity contribution in [1.82, 2.24) is 9.88 Å². The number of likely N-dealkylation sites (tertiary alicyclic amines) is 1. The van der Waals surface area contributed by atoms with E-state index in [9.17, 15) is 9.59 Å². The van der Waals surface area contributed by atoms with Crippen LogP contribution in [0.5, 0.6) is 0 Å². The van der Waals surface area contributed by atoms with E-state index in [1.54, 1.807) is 11.4 Å². The highest BCUT2D eigenvalue weighted by molar-refractivity contribution is 7.09. The van der Waals surface area contributed by atoms with Gasteiger partial charge in [0.25, 0.3) is 5.91 Å². The van der Waals surface area contributed by atoms with Crippen LogP contribution in [0.1, 0.15) is 40.3 Å². The van der Waals surface area contributed by atoms with E-state index in [2.05, 4.69) is 20.5 Å². The van der Waals surface area contributed by atoms with E-state index >= 15 is 0 Å². The maximum Gasteiger partial charge on any atom is 0.275 e. The van der Waals surface area contributed by atoms with Gasteiger partial charge in [-0.2, -0.15) is 0 Å². The Morgan fingerprint density at radius 1 is 1.17 bits per heavy atom. The molecule has 0 atom stereocenters. The molecule has 10 heteroatoms. The molecule has 0 aliphatic carbocycles. The third kappa shape index (κ3) is 7.24. The minimum Gasteiger partial charge on any atom is -0.325 e. The molecule has 2 aromatic rings. The fourth-order valence-electron chi connectivity index (χ4n) is 3.05. The van der Waals surface area contributed by atoms with Crippen LogP contribution >= 0.6 is 36.2 Å². The highest BCUT2D eigenvalue weighted by atomic mass is 35.5. The first-order valence-corrected chi connectivity index (χ1v) is 10.0. The smallest absolute Gasteiger partial charge is 0.275 e. The molecule has 1 fully saturated rings. The van der Waals surface area contributed by atoms with Crippen molar-refractivity contribution in [3.05, 3.63) is 39.8 Å². The van der Waals surface area contributed by atoms with Gasteiger partial charge < -0.3 is 16.4 Å². The fourth-order valence-corrected chi connectivity index (χ4v) is 3.70. The number of benzene rings is 1. The van der Waals surface area contributed by atoms with Crippen LogP contribution in [0, 0.1) is 6.92 Å². The van der Waals surface area contributed by atoms with Gasteiger partial charge in [-0.1, -0.05) is 12.5 Å². The number of piperidine rings is 1. The van der Waals surface area contributed by atoms with Crippen LogP contribution in [0.4, 0.5) is 11.4 Å². The molecule has 1 aromatic carbocycles. The number of anilines is 2. The van der Waals surface area contributed by atoms with E-state index < -0.39 is 0 Å². The SMILES string of the molecule is Cc1ccc(NC(=O)c2csc(CN)n2)cc1NC(=O)CN1CCCCC1.Cl.Cl. The topological polar surface area (TPSA) is 100 Å². The van der Waals surface area contributed by atoms with Crippen molar-refractivity contribution in [2.45, 2.75) is 32.7 Å². The summed E-state index contributed by atoms with van der Waals surface area (Å²) in [5, 5.41) is 8.19. The van der Waals surface area contributed by atoms with Crippen molar-refractivity contribution in [3.8, 4) is 0 Å². The van der Waals surface area contributed by atoms with Gasteiger partial charge in [0.1, 0.15) is 10.7 Å². The summed E-state index contributed by atoms with van der Waals surface area (Å²) in [5.41, 5.74) is 8.14. The van der Waals surface area contributed by atoms with Gasteiger partial charge in [0.05, 0.1) is 6.54 Å². The van der Waals surface area contributed by atoms with Crippen LogP contribution < -0.4 is 16.4 Å². The van der Waals surface area contributed by atoms with Gasteiger partial charge in [-0.25, -0.2) is 4.98 Å². The molecule has 0 bridgehead atoms. The van der Waals surface area contributed by atoms with Crippen molar-refractivity contribution < 1.29 is 9.59 Å². The highest BCUT2D eigenvalue weighted by Gasteiger charge is 2.15. The molecular formula is C19H27Cl2N5O2S. The maximum absolute atomic E-state index is 12.4. The second kappa shape index (κ2) is 12.1. The summed E-state index contributed by atoms with van der Waals surface area (Å²) in [7, 11) is 0. The lowest BCUT2D eigenvalue weighted by atomic mass is 10.1. The van der Waals surface area contributed by atoms with Crippen LogP contribution in [0.3, 0.4) is 0 Å². The van der Waals surface area contributed by atoms with Crippen LogP contribution in [-0.2, 0) is 11.3 Å². The molecule has 7 nitrogen and oxygen atoms in total. The van der Waals surface area contributed by atoms with Gasteiger partial charge >= 0.3 is 0 Å². The van der Waals surface area contributed by atoms with Crippen LogP contribution in [0.15, 0.2) is 23.6 Å². The molecule has 2 heterocycles. The number of halogens is 2. The molecule has 1 aliphatic heterocycles. The second-order valence-electron chi connectivity index (χ2n) is 6.70. The number of nitrogens with zero attached hydrogens (tertiary/aromatic N) is 2. The lowest BCUT2D eigenvalue weighted by Gasteiger charge is -2.25. The highest BCUT2D eigenvalue weighted by Crippen LogP contribution is 2.21. The summed E-state index contributed by atoms with van der Waals surface area (Å²) in [6.07, 6.45) is 3.54. The lowest BCUT2D eigenvalue weighted by Crippen LogP contribution is -2.36. The quantitative estimate of drug-likeness (QED) is 0.613. The maximum atomic E-state index is 12.4. The Labute approximate surface area is 187 Å². The van der Waals surface area contributed by atoms with Crippen molar-refractivity contribution in [2.24, 2.45) is 5.73 Å². The Kier molecular flexibility index (Phi) is 10.6. The average molecular weight is 460 g/mol. The number of nitrogens with two attached hydrogens (primary N) is 1. The molecular weight excluding hydrogens is 433 g/mol. The number of carbonyl (C=O) groups is 2. The molecule has 1 aromatic heterocycles. The number of thiazole rings is 1. The zero-order valence-electron chi connectivity index (χ0n) is 16.3. The number of aryl methyl sites for hydroxylation is 1. The zero-order chi connectivity index (χ0) is 19.2. The van der Waals surface area contributed by atoms with Crippen molar-refractivity contribution in [2.75, 3.05) is 30.3 Å². The molecule has 0 radical (unpaired) electrons. The minimum absolute atomic E-state index is 0. The largest absolute Gasteiger partial charge is 0.325 e. The molecule has 1 saturated heterocycles. The molecule has 0 unspecified atom stereocenters. The van der Waals surface area contributed by atoms with E-state index in [0.717, 1.165) is 36.5 Å². The van der Waals surface area contributed by atoms with Gasteiger partial charge in [-0.05, 0) is 50.6 Å². The molecule has 4 N–H and O–H groups in total. The standard InChI is InChI=1S/C19H25N5O2S.2ClH/c1-13-5-6-14(21-19(26)16-12-27-18(10-20)23-16)9-15(13)22-17(25)11-24-7-3-2-4-8-24;;/h5-6,9,12H,2-4,7-8,10-11,20H2,1H3,(H,21,26)(H,22,25);2*1H. The average Bonchev–Trinajstić information content (AvgIpc) is 3.14. The number of hydrogen-bond acceptors (Lipinski definition) is 6. The predicted octanol–water partition coefficient (Wildman–Crippen LogP) is 3.43. The van der Waals surface area contributed by atoms with Crippen LogP contribution in [0.25, 0.3) is 0 Å². The lowest BCUT2D eigenvalue weighted by molar-refractivity contribution is -0.117. The number of carbonyl (C=O) groups excluding carboxylic acids is 2. The third-order valence-electron chi connectivity index (χ3n) is 4.54. The number of amides is 2. The second-order valence-corrected chi connectivity index (χ2v) is 7.64. The normalized spacial score (nSPS) is 13.7. The number of hydrogen-bond donors (Lipinski definition) is 3. The van der Waals surface area contributed by atoms with Crippen LogP contribution in [0.2, 0.25) is 0 Å². The predicted molar refractivity (Wildman–Crippen MR) is 123 cm³/mol. The van der Waals surface area contributed by atoms with Crippen molar-refractivity contribution >= 4 is 59.3 Å². The summed E-state index contributed by atoms with van der Waals surface area (Å²) < 4.78 is 0. The van der Waals surface area contributed by atoms with Crippen LogP contribution in [-0.4, -0.2) is 41.3 Å². The number of aromatic nitrogens is 1. The first-order valence-electron chi connectivity index (χ1n) is 9.14. The molecule has 29 heavy (non-hydrogen) atoms. The van der Waals surface area contributed by atoms with Gasteiger partial charge in [0, 0.05) is 23.3 Å². The summed E-state index contributed by atoms with van der Waals surface area (Å²) in [6.45, 7) is 4.59. The molecule has 1 aliphatic rings. The third-order valence-corrected chi connectivity index (χ3v) is 5.42. The summed E-state index contributed by atoms with van der Waals surface area (Å²) in [4.78, 5) is 31.0. The Hall–Kier alpha value is -1.71. The molecule has 2 amide bonds. The molecule has 0 saturated carbocycles. The number of nitrogens with one attached hydrogen (secondary N) is 2. The molecule has 160 valence electrons. The Morgan fingerprint density at radius 3 is 2.55 bits per heavy atom. The van der Waals surface area contributed by atoms with E-state index in [-0.39, 0.29) is 36.6 Å². The van der Waals surface area contributed by atoms with Crippen molar-refractivity contribution in [1.29, 1.82) is 0 Å². The first-order chi connectivity index (χ1) is 13.0. The fraction of sp³-hybridized carbons (Fsp3) is 0.421. The summed E-state index contributed by atoms with van der Waals surface area (Å²) in [5.74, 6) is -0.323. The minimum atomic E-state index is -0.291. The first kappa shape index (κ1) is 25.3. The summed E-state index contributed by atoms with van der Waals surface area (Å²) in [6, 6.07) is 5.46. The Bertz CT molecular complexity index is 825. The number of rotatable bonds is 6.